The molecule has 1 heterocycles. The molecule has 0 saturated carbocycles. The van der Waals surface area contributed by atoms with Crippen molar-refractivity contribution in [1.29, 1.82) is 0 Å². The van der Waals surface area contributed by atoms with E-state index < -0.39 is 5.54 Å². The Bertz CT molecular complexity index is 496. The van der Waals surface area contributed by atoms with Crippen molar-refractivity contribution in [3.05, 3.63) is 35.9 Å². The van der Waals surface area contributed by atoms with E-state index in [4.69, 9.17) is 0 Å². The summed E-state index contributed by atoms with van der Waals surface area (Å²) in [5, 5.41) is 2.80. The minimum Gasteiger partial charge on any atom is -0.340 e. The van der Waals surface area contributed by atoms with Crippen LogP contribution in [-0.2, 0) is 16.0 Å². The Morgan fingerprint density at radius 1 is 1.20 bits per heavy atom. The minimum absolute atomic E-state index is 0.000110. The zero-order valence-electron chi connectivity index (χ0n) is 12.3. The van der Waals surface area contributed by atoms with Gasteiger partial charge in [0.25, 0.3) is 0 Å². The van der Waals surface area contributed by atoms with Crippen LogP contribution >= 0.6 is 0 Å². The van der Waals surface area contributed by atoms with E-state index in [9.17, 15) is 9.59 Å². The standard InChI is InChI=1S/C16H22N2O2/c1-4-13-14(19)17-16(2,3)15(20)18(13)11-10-12-8-6-5-7-9-12/h5-9,13H,4,10-11H2,1-3H3,(H,17,19). The highest BCUT2D eigenvalue weighted by molar-refractivity contribution is 5.99. The lowest BCUT2D eigenvalue weighted by Crippen LogP contribution is -2.68. The smallest absolute Gasteiger partial charge is 0.248 e. The molecule has 20 heavy (non-hydrogen) atoms. The Morgan fingerprint density at radius 3 is 2.45 bits per heavy atom. The topological polar surface area (TPSA) is 49.4 Å². The predicted molar refractivity (Wildman–Crippen MR) is 78.2 cm³/mol. The van der Waals surface area contributed by atoms with Gasteiger partial charge in [-0.05, 0) is 32.3 Å². The quantitative estimate of drug-likeness (QED) is 0.909. The maximum atomic E-state index is 12.5. The molecule has 0 aromatic heterocycles. The first-order chi connectivity index (χ1) is 9.45. The molecular weight excluding hydrogens is 252 g/mol. The van der Waals surface area contributed by atoms with Gasteiger partial charge in [-0.3, -0.25) is 9.59 Å². The average molecular weight is 274 g/mol. The summed E-state index contributed by atoms with van der Waals surface area (Å²) in [5.74, 6) is -0.0509. The monoisotopic (exact) mass is 274 g/mol. The molecule has 4 heteroatoms. The van der Waals surface area contributed by atoms with Crippen molar-refractivity contribution in [2.45, 2.75) is 45.2 Å². The van der Waals surface area contributed by atoms with Crippen LogP contribution in [0.1, 0.15) is 32.8 Å². The van der Waals surface area contributed by atoms with E-state index in [1.165, 1.54) is 5.56 Å². The Kier molecular flexibility index (Phi) is 4.12. The van der Waals surface area contributed by atoms with Crippen molar-refractivity contribution in [3.63, 3.8) is 0 Å². The molecule has 1 N–H and O–H groups in total. The summed E-state index contributed by atoms with van der Waals surface area (Å²) in [5.41, 5.74) is 0.373. The normalized spacial score (nSPS) is 21.8. The zero-order chi connectivity index (χ0) is 14.8. The minimum atomic E-state index is -0.806. The molecule has 1 aliphatic heterocycles. The van der Waals surface area contributed by atoms with Gasteiger partial charge < -0.3 is 10.2 Å². The Labute approximate surface area is 120 Å². The van der Waals surface area contributed by atoms with Crippen LogP contribution in [0.2, 0.25) is 0 Å². The van der Waals surface area contributed by atoms with Gasteiger partial charge in [-0.2, -0.15) is 0 Å². The van der Waals surface area contributed by atoms with Crippen LogP contribution in [0.4, 0.5) is 0 Å². The second kappa shape index (κ2) is 5.65. The van der Waals surface area contributed by atoms with Gasteiger partial charge in [0.1, 0.15) is 11.6 Å². The highest BCUT2D eigenvalue weighted by Crippen LogP contribution is 2.20. The van der Waals surface area contributed by atoms with E-state index in [1.54, 1.807) is 18.7 Å². The van der Waals surface area contributed by atoms with Crippen molar-refractivity contribution in [1.82, 2.24) is 10.2 Å². The highest BCUT2D eigenvalue weighted by Gasteiger charge is 2.44. The molecule has 1 aromatic carbocycles. The van der Waals surface area contributed by atoms with Gasteiger partial charge in [-0.25, -0.2) is 0 Å². The molecule has 0 bridgehead atoms. The zero-order valence-corrected chi connectivity index (χ0v) is 12.3. The second-order valence-electron chi connectivity index (χ2n) is 5.77. The second-order valence-corrected chi connectivity index (χ2v) is 5.77. The molecule has 1 aliphatic rings. The van der Waals surface area contributed by atoms with E-state index in [-0.39, 0.29) is 17.9 Å². The number of amides is 2. The average Bonchev–Trinajstić information content (AvgIpc) is 2.42. The molecule has 108 valence electrons. The Morgan fingerprint density at radius 2 is 1.85 bits per heavy atom. The predicted octanol–water partition coefficient (Wildman–Crippen LogP) is 1.74. The number of piperazine rings is 1. The Balaban J connectivity index is 2.13. The van der Waals surface area contributed by atoms with Crippen molar-refractivity contribution in [2.75, 3.05) is 6.54 Å². The van der Waals surface area contributed by atoms with Crippen molar-refractivity contribution >= 4 is 11.8 Å². The van der Waals surface area contributed by atoms with E-state index in [0.717, 1.165) is 6.42 Å². The van der Waals surface area contributed by atoms with Gasteiger partial charge in [-0.15, -0.1) is 0 Å². The van der Waals surface area contributed by atoms with E-state index >= 15 is 0 Å². The van der Waals surface area contributed by atoms with Crippen LogP contribution in [0.15, 0.2) is 30.3 Å². The van der Waals surface area contributed by atoms with E-state index in [0.29, 0.717) is 13.0 Å². The SMILES string of the molecule is CCC1C(=O)NC(C)(C)C(=O)N1CCc1ccccc1. The van der Waals surface area contributed by atoms with Gasteiger partial charge in [0.05, 0.1) is 0 Å². The van der Waals surface area contributed by atoms with Crippen LogP contribution in [0, 0.1) is 0 Å². The largest absolute Gasteiger partial charge is 0.340 e. The summed E-state index contributed by atoms with van der Waals surface area (Å²) >= 11 is 0. The first kappa shape index (κ1) is 14.6. The number of nitrogens with one attached hydrogen (secondary N) is 1. The van der Waals surface area contributed by atoms with Crippen molar-refractivity contribution in [2.24, 2.45) is 0 Å². The van der Waals surface area contributed by atoms with Gasteiger partial charge >= 0.3 is 0 Å². The molecule has 1 saturated heterocycles. The highest BCUT2D eigenvalue weighted by atomic mass is 16.2. The number of benzene rings is 1. The lowest BCUT2D eigenvalue weighted by molar-refractivity contribution is -0.153. The molecule has 1 fully saturated rings. The third-order valence-corrected chi connectivity index (χ3v) is 3.78. The van der Waals surface area contributed by atoms with Gasteiger partial charge in [0.2, 0.25) is 11.8 Å². The van der Waals surface area contributed by atoms with Crippen molar-refractivity contribution < 1.29 is 9.59 Å². The lowest BCUT2D eigenvalue weighted by Gasteiger charge is -2.42. The molecule has 1 aromatic rings. The number of hydrogen-bond donors (Lipinski definition) is 1. The molecule has 0 spiro atoms. The maximum Gasteiger partial charge on any atom is 0.248 e. The fourth-order valence-electron chi connectivity index (χ4n) is 2.64. The molecule has 0 radical (unpaired) electrons. The summed E-state index contributed by atoms with van der Waals surface area (Å²) in [4.78, 5) is 26.3. The summed E-state index contributed by atoms with van der Waals surface area (Å²) in [6, 6.07) is 9.68. The number of nitrogens with zero attached hydrogens (tertiary/aromatic N) is 1. The molecular formula is C16H22N2O2. The lowest BCUT2D eigenvalue weighted by atomic mass is 9.95. The molecule has 1 unspecified atom stereocenters. The van der Waals surface area contributed by atoms with E-state index in [2.05, 4.69) is 5.32 Å². The first-order valence-electron chi connectivity index (χ1n) is 7.12. The van der Waals surface area contributed by atoms with Crippen LogP contribution in [0.5, 0.6) is 0 Å². The van der Waals surface area contributed by atoms with Gasteiger partial charge in [0.15, 0.2) is 0 Å². The van der Waals surface area contributed by atoms with Gasteiger partial charge in [0, 0.05) is 6.54 Å². The number of carbonyl (C=O) groups excluding carboxylic acids is 2. The number of hydrogen-bond acceptors (Lipinski definition) is 2. The molecule has 1 atom stereocenters. The summed E-state index contributed by atoms with van der Waals surface area (Å²) < 4.78 is 0. The summed E-state index contributed by atoms with van der Waals surface area (Å²) in [6.45, 7) is 6.03. The maximum absolute atomic E-state index is 12.5. The summed E-state index contributed by atoms with van der Waals surface area (Å²) in [6.07, 6.45) is 1.41. The molecule has 2 rings (SSSR count). The van der Waals surface area contributed by atoms with Crippen LogP contribution in [0.25, 0.3) is 0 Å². The number of carbonyl (C=O) groups is 2. The van der Waals surface area contributed by atoms with Crippen molar-refractivity contribution in [3.8, 4) is 0 Å². The third-order valence-electron chi connectivity index (χ3n) is 3.78. The third kappa shape index (κ3) is 2.84. The van der Waals surface area contributed by atoms with Gasteiger partial charge in [-0.1, -0.05) is 37.3 Å². The molecule has 2 amide bonds. The fraction of sp³-hybridized carbons (Fsp3) is 0.500. The Hall–Kier alpha value is -1.84. The van der Waals surface area contributed by atoms with Crippen LogP contribution in [0.3, 0.4) is 0 Å². The number of rotatable bonds is 4. The summed E-state index contributed by atoms with van der Waals surface area (Å²) in [7, 11) is 0. The van der Waals surface area contributed by atoms with Crippen LogP contribution < -0.4 is 5.32 Å². The first-order valence-corrected chi connectivity index (χ1v) is 7.12. The molecule has 4 nitrogen and oxygen atoms in total. The fourth-order valence-corrected chi connectivity index (χ4v) is 2.64. The molecule has 0 aliphatic carbocycles. The van der Waals surface area contributed by atoms with Crippen LogP contribution in [-0.4, -0.2) is 34.8 Å². The van der Waals surface area contributed by atoms with E-state index in [1.807, 2.05) is 37.3 Å².